The zero-order valence-corrected chi connectivity index (χ0v) is 11.0. The average molecular weight is 253 g/mol. The van der Waals surface area contributed by atoms with E-state index in [4.69, 9.17) is 4.98 Å². The Hall–Kier alpha value is -1.90. The number of nitrogens with one attached hydrogen (secondary N) is 1. The Kier molecular flexibility index (Phi) is 3.73. The van der Waals surface area contributed by atoms with Gasteiger partial charge in [0.15, 0.2) is 0 Å². The van der Waals surface area contributed by atoms with E-state index >= 15 is 0 Å². The predicted molar refractivity (Wildman–Crippen MR) is 77.6 cm³/mol. The highest BCUT2D eigenvalue weighted by Gasteiger charge is 2.16. The maximum Gasteiger partial charge on any atom is 0.130 e. The van der Waals surface area contributed by atoms with Crippen molar-refractivity contribution in [3.8, 4) is 0 Å². The van der Waals surface area contributed by atoms with Crippen molar-refractivity contribution in [3.63, 3.8) is 0 Å². The van der Waals surface area contributed by atoms with Gasteiger partial charge in [-0.1, -0.05) is 25.3 Å². The SMILES string of the molecule is c1cc(Nc2ccncc2)nc(C2CCCCC2)c1. The minimum absolute atomic E-state index is 0.646. The zero-order chi connectivity index (χ0) is 12.9. The van der Waals surface area contributed by atoms with E-state index < -0.39 is 0 Å². The lowest BCUT2D eigenvalue weighted by Crippen LogP contribution is -2.07. The minimum atomic E-state index is 0.646. The summed E-state index contributed by atoms with van der Waals surface area (Å²) in [6.45, 7) is 0. The molecule has 0 bridgehead atoms. The summed E-state index contributed by atoms with van der Waals surface area (Å²) in [6, 6.07) is 10.2. The number of hydrogen-bond donors (Lipinski definition) is 1. The van der Waals surface area contributed by atoms with E-state index in [0.29, 0.717) is 5.92 Å². The maximum absolute atomic E-state index is 4.76. The number of pyridine rings is 2. The summed E-state index contributed by atoms with van der Waals surface area (Å²) in [4.78, 5) is 8.78. The summed E-state index contributed by atoms with van der Waals surface area (Å²) in [5.74, 6) is 1.57. The van der Waals surface area contributed by atoms with Gasteiger partial charge in [0, 0.05) is 29.7 Å². The van der Waals surface area contributed by atoms with Gasteiger partial charge in [-0.15, -0.1) is 0 Å². The molecule has 3 nitrogen and oxygen atoms in total. The Bertz CT molecular complexity index is 519. The van der Waals surface area contributed by atoms with Gasteiger partial charge in [-0.05, 0) is 37.1 Å². The second kappa shape index (κ2) is 5.83. The van der Waals surface area contributed by atoms with Gasteiger partial charge in [0.2, 0.25) is 0 Å². The van der Waals surface area contributed by atoms with Gasteiger partial charge in [-0.25, -0.2) is 4.98 Å². The molecule has 1 saturated carbocycles. The highest BCUT2D eigenvalue weighted by Crippen LogP contribution is 2.32. The third-order valence-electron chi connectivity index (χ3n) is 3.75. The Morgan fingerprint density at radius 3 is 2.53 bits per heavy atom. The molecule has 0 unspecified atom stereocenters. The fourth-order valence-corrected chi connectivity index (χ4v) is 2.73. The molecule has 0 amide bonds. The Morgan fingerprint density at radius 2 is 1.74 bits per heavy atom. The van der Waals surface area contributed by atoms with Crippen molar-refractivity contribution < 1.29 is 0 Å². The molecule has 2 heterocycles. The van der Waals surface area contributed by atoms with E-state index in [2.05, 4.69) is 22.4 Å². The first-order chi connectivity index (χ1) is 9.42. The van der Waals surface area contributed by atoms with Crippen molar-refractivity contribution in [1.29, 1.82) is 0 Å². The fraction of sp³-hybridized carbons (Fsp3) is 0.375. The van der Waals surface area contributed by atoms with Gasteiger partial charge in [0.05, 0.1) is 0 Å². The van der Waals surface area contributed by atoms with E-state index in [1.54, 1.807) is 12.4 Å². The molecule has 0 radical (unpaired) electrons. The lowest BCUT2D eigenvalue weighted by molar-refractivity contribution is 0.437. The lowest BCUT2D eigenvalue weighted by atomic mass is 9.87. The van der Waals surface area contributed by atoms with E-state index in [1.807, 2.05) is 18.2 Å². The molecule has 0 aromatic carbocycles. The van der Waals surface area contributed by atoms with Crippen molar-refractivity contribution in [2.24, 2.45) is 0 Å². The largest absolute Gasteiger partial charge is 0.340 e. The summed E-state index contributed by atoms with van der Waals surface area (Å²) in [5, 5.41) is 3.33. The van der Waals surface area contributed by atoms with Crippen molar-refractivity contribution in [1.82, 2.24) is 9.97 Å². The van der Waals surface area contributed by atoms with Gasteiger partial charge in [-0.3, -0.25) is 4.98 Å². The molecule has 3 heteroatoms. The molecule has 98 valence electrons. The zero-order valence-electron chi connectivity index (χ0n) is 11.0. The highest BCUT2D eigenvalue weighted by atomic mass is 15.0. The quantitative estimate of drug-likeness (QED) is 0.887. The summed E-state index contributed by atoms with van der Waals surface area (Å²) in [6.07, 6.45) is 10.2. The first kappa shape index (κ1) is 12.2. The Morgan fingerprint density at radius 1 is 0.947 bits per heavy atom. The van der Waals surface area contributed by atoms with Crippen LogP contribution in [-0.4, -0.2) is 9.97 Å². The van der Waals surface area contributed by atoms with Crippen LogP contribution < -0.4 is 5.32 Å². The summed E-state index contributed by atoms with van der Waals surface area (Å²) < 4.78 is 0. The third-order valence-corrected chi connectivity index (χ3v) is 3.75. The molecular formula is C16H19N3. The molecule has 2 aromatic rings. The second-order valence-electron chi connectivity index (χ2n) is 5.14. The minimum Gasteiger partial charge on any atom is -0.340 e. The van der Waals surface area contributed by atoms with Gasteiger partial charge in [0.1, 0.15) is 5.82 Å². The summed E-state index contributed by atoms with van der Waals surface area (Å²) >= 11 is 0. The topological polar surface area (TPSA) is 37.8 Å². The van der Waals surface area contributed by atoms with Gasteiger partial charge in [-0.2, -0.15) is 0 Å². The van der Waals surface area contributed by atoms with Crippen LogP contribution in [0, 0.1) is 0 Å². The number of anilines is 2. The number of aromatic nitrogens is 2. The first-order valence-electron chi connectivity index (χ1n) is 7.06. The first-order valence-corrected chi connectivity index (χ1v) is 7.06. The van der Waals surface area contributed by atoms with Gasteiger partial charge >= 0.3 is 0 Å². The molecule has 19 heavy (non-hydrogen) atoms. The summed E-state index contributed by atoms with van der Waals surface area (Å²) in [5.41, 5.74) is 2.27. The molecule has 0 saturated heterocycles. The van der Waals surface area contributed by atoms with Gasteiger partial charge in [0.25, 0.3) is 0 Å². The molecule has 1 N–H and O–H groups in total. The number of nitrogens with zero attached hydrogens (tertiary/aromatic N) is 2. The predicted octanol–water partition coefficient (Wildman–Crippen LogP) is 4.27. The second-order valence-corrected chi connectivity index (χ2v) is 5.14. The van der Waals surface area contributed by atoms with Crippen LogP contribution in [0.1, 0.15) is 43.7 Å². The van der Waals surface area contributed by atoms with Crippen LogP contribution in [0.2, 0.25) is 0 Å². The molecule has 0 spiro atoms. The van der Waals surface area contributed by atoms with Crippen molar-refractivity contribution in [3.05, 3.63) is 48.4 Å². The molecule has 0 atom stereocenters. The fourth-order valence-electron chi connectivity index (χ4n) is 2.73. The Balaban J connectivity index is 1.76. The third kappa shape index (κ3) is 3.11. The average Bonchev–Trinajstić information content (AvgIpc) is 2.49. The normalized spacial score (nSPS) is 16.2. The molecule has 1 aliphatic carbocycles. The molecule has 1 fully saturated rings. The van der Waals surface area contributed by atoms with Crippen molar-refractivity contribution in [2.75, 3.05) is 5.32 Å². The monoisotopic (exact) mass is 253 g/mol. The lowest BCUT2D eigenvalue weighted by Gasteiger charge is -2.21. The van der Waals surface area contributed by atoms with Crippen LogP contribution in [0.3, 0.4) is 0 Å². The molecule has 1 aliphatic rings. The van der Waals surface area contributed by atoms with Crippen LogP contribution in [-0.2, 0) is 0 Å². The smallest absolute Gasteiger partial charge is 0.130 e. The highest BCUT2D eigenvalue weighted by molar-refractivity contribution is 5.55. The van der Waals surface area contributed by atoms with Crippen LogP contribution in [0.4, 0.5) is 11.5 Å². The van der Waals surface area contributed by atoms with Crippen molar-refractivity contribution >= 4 is 11.5 Å². The van der Waals surface area contributed by atoms with Crippen molar-refractivity contribution in [2.45, 2.75) is 38.0 Å². The molecule has 3 rings (SSSR count). The molecule has 2 aromatic heterocycles. The molecule has 0 aliphatic heterocycles. The Labute approximate surface area is 114 Å². The molecular weight excluding hydrogens is 234 g/mol. The maximum atomic E-state index is 4.76. The van der Waals surface area contributed by atoms with Gasteiger partial charge < -0.3 is 5.32 Å². The van der Waals surface area contributed by atoms with Crippen LogP contribution in [0.15, 0.2) is 42.7 Å². The summed E-state index contributed by atoms with van der Waals surface area (Å²) in [7, 11) is 0. The number of hydrogen-bond acceptors (Lipinski definition) is 3. The van der Waals surface area contributed by atoms with E-state index in [0.717, 1.165) is 11.5 Å². The van der Waals surface area contributed by atoms with E-state index in [9.17, 15) is 0 Å². The van der Waals surface area contributed by atoms with Crippen LogP contribution in [0.5, 0.6) is 0 Å². The van der Waals surface area contributed by atoms with E-state index in [-0.39, 0.29) is 0 Å². The standard InChI is InChI=1S/C16H19N3/c1-2-5-13(6-3-1)15-7-4-8-16(19-15)18-14-9-11-17-12-10-14/h4,7-13H,1-3,5-6H2,(H,17,18,19). The number of rotatable bonds is 3. The van der Waals surface area contributed by atoms with E-state index in [1.165, 1.54) is 37.8 Å². The van der Waals surface area contributed by atoms with Crippen LogP contribution in [0.25, 0.3) is 0 Å². The van der Waals surface area contributed by atoms with Crippen LogP contribution >= 0.6 is 0 Å².